The number of aldehydes is 1. The molecule has 0 atom stereocenters. The summed E-state index contributed by atoms with van der Waals surface area (Å²) < 4.78 is 10.4. The number of hydrogen-bond acceptors (Lipinski definition) is 4. The predicted octanol–water partition coefficient (Wildman–Crippen LogP) is 1.73. The molecule has 0 unspecified atom stereocenters. The van der Waals surface area contributed by atoms with E-state index in [2.05, 4.69) is 0 Å². The third-order valence-electron chi connectivity index (χ3n) is 3.23. The lowest BCUT2D eigenvalue weighted by atomic mass is 9.82. The third kappa shape index (κ3) is 2.76. The lowest BCUT2D eigenvalue weighted by molar-refractivity contribution is -0.164. The minimum atomic E-state index is -1.01. The zero-order chi connectivity index (χ0) is 12.8. The molecule has 18 heavy (non-hydrogen) atoms. The van der Waals surface area contributed by atoms with E-state index in [0.29, 0.717) is 32.3 Å². The third-order valence-corrected chi connectivity index (χ3v) is 3.23. The Bertz CT molecular complexity index is 407. The molecule has 1 aromatic carbocycles. The summed E-state index contributed by atoms with van der Waals surface area (Å²) in [6.07, 6.45) is 1.52. The fourth-order valence-corrected chi connectivity index (χ4v) is 1.97. The van der Waals surface area contributed by atoms with Crippen molar-refractivity contribution in [2.75, 3.05) is 13.2 Å². The van der Waals surface area contributed by atoms with Crippen molar-refractivity contribution in [1.29, 1.82) is 0 Å². The Kier molecular flexibility index (Phi) is 4.10. The van der Waals surface area contributed by atoms with E-state index < -0.39 is 11.4 Å². The number of carbonyl (C=O) groups excluding carboxylic acids is 2. The van der Waals surface area contributed by atoms with Gasteiger partial charge < -0.3 is 14.3 Å². The largest absolute Gasteiger partial charge is 0.460 e. The van der Waals surface area contributed by atoms with Crippen molar-refractivity contribution in [3.8, 4) is 0 Å². The smallest absolute Gasteiger partial charge is 0.319 e. The maximum Gasteiger partial charge on any atom is 0.319 e. The Morgan fingerprint density at radius 2 is 1.94 bits per heavy atom. The zero-order valence-corrected chi connectivity index (χ0v) is 10.1. The van der Waals surface area contributed by atoms with Gasteiger partial charge >= 0.3 is 5.97 Å². The SMILES string of the molecule is O=CC1(C(=O)OCc2ccccc2)CCOCC1. The van der Waals surface area contributed by atoms with E-state index in [1.807, 2.05) is 30.3 Å². The summed E-state index contributed by atoms with van der Waals surface area (Å²) in [7, 11) is 0. The van der Waals surface area contributed by atoms with Gasteiger partial charge in [0.05, 0.1) is 0 Å². The molecule has 0 aliphatic carbocycles. The molecule has 1 saturated heterocycles. The molecule has 4 nitrogen and oxygen atoms in total. The number of esters is 1. The van der Waals surface area contributed by atoms with Crippen LogP contribution in [0.4, 0.5) is 0 Å². The molecule has 1 aliphatic heterocycles. The maximum absolute atomic E-state index is 12.0. The molecule has 2 rings (SSSR count). The first-order valence-corrected chi connectivity index (χ1v) is 6.02. The minimum absolute atomic E-state index is 0.204. The first-order chi connectivity index (χ1) is 8.77. The number of benzene rings is 1. The van der Waals surface area contributed by atoms with E-state index in [1.165, 1.54) is 0 Å². The molecular weight excluding hydrogens is 232 g/mol. The first-order valence-electron chi connectivity index (χ1n) is 6.02. The number of hydrogen-bond donors (Lipinski definition) is 0. The van der Waals surface area contributed by atoms with E-state index in [0.717, 1.165) is 5.56 Å². The van der Waals surface area contributed by atoms with E-state index in [1.54, 1.807) is 0 Å². The van der Waals surface area contributed by atoms with E-state index in [4.69, 9.17) is 9.47 Å². The average Bonchev–Trinajstić information content (AvgIpc) is 2.46. The molecule has 0 N–H and O–H groups in total. The van der Waals surface area contributed by atoms with Crippen LogP contribution < -0.4 is 0 Å². The van der Waals surface area contributed by atoms with Gasteiger partial charge in [-0.3, -0.25) is 4.79 Å². The summed E-state index contributed by atoms with van der Waals surface area (Å²) in [4.78, 5) is 23.2. The van der Waals surface area contributed by atoms with Gasteiger partial charge in [-0.25, -0.2) is 0 Å². The second kappa shape index (κ2) is 5.78. The molecule has 0 bridgehead atoms. The highest BCUT2D eigenvalue weighted by Gasteiger charge is 2.41. The molecule has 0 radical (unpaired) electrons. The zero-order valence-electron chi connectivity index (χ0n) is 10.1. The molecule has 96 valence electrons. The van der Waals surface area contributed by atoms with Crippen LogP contribution in [0.15, 0.2) is 30.3 Å². The standard InChI is InChI=1S/C14H16O4/c15-11-14(6-8-17-9-7-14)13(16)18-10-12-4-2-1-3-5-12/h1-5,11H,6-10H2. The molecule has 1 fully saturated rings. The summed E-state index contributed by atoms with van der Waals surface area (Å²) in [6.45, 7) is 1.06. The Hall–Kier alpha value is -1.68. The van der Waals surface area contributed by atoms with Crippen molar-refractivity contribution >= 4 is 12.3 Å². The lowest BCUT2D eigenvalue weighted by Crippen LogP contribution is -2.39. The van der Waals surface area contributed by atoms with Gasteiger partial charge in [0.15, 0.2) is 0 Å². The highest BCUT2D eigenvalue weighted by Crippen LogP contribution is 2.29. The van der Waals surface area contributed by atoms with Crippen LogP contribution >= 0.6 is 0 Å². The van der Waals surface area contributed by atoms with Crippen molar-refractivity contribution in [2.45, 2.75) is 19.4 Å². The molecule has 1 aliphatic rings. The van der Waals surface area contributed by atoms with E-state index in [-0.39, 0.29) is 6.61 Å². The minimum Gasteiger partial charge on any atom is -0.460 e. The van der Waals surface area contributed by atoms with Crippen LogP contribution in [-0.2, 0) is 25.7 Å². The van der Waals surface area contributed by atoms with Gasteiger partial charge in [0.1, 0.15) is 18.3 Å². The molecule has 0 amide bonds. The van der Waals surface area contributed by atoms with Crippen LogP contribution in [0, 0.1) is 5.41 Å². The summed E-state index contributed by atoms with van der Waals surface area (Å²) in [6, 6.07) is 9.42. The van der Waals surface area contributed by atoms with Gasteiger partial charge in [-0.2, -0.15) is 0 Å². The van der Waals surface area contributed by atoms with E-state index >= 15 is 0 Å². The van der Waals surface area contributed by atoms with Crippen molar-refractivity contribution in [2.24, 2.45) is 5.41 Å². The van der Waals surface area contributed by atoms with Gasteiger partial charge in [-0.1, -0.05) is 30.3 Å². The van der Waals surface area contributed by atoms with Gasteiger partial charge in [0.25, 0.3) is 0 Å². The molecule has 4 heteroatoms. The van der Waals surface area contributed by atoms with Crippen molar-refractivity contribution in [1.82, 2.24) is 0 Å². The van der Waals surface area contributed by atoms with Gasteiger partial charge in [0, 0.05) is 13.2 Å². The highest BCUT2D eigenvalue weighted by molar-refractivity contribution is 5.93. The van der Waals surface area contributed by atoms with Gasteiger partial charge in [0.2, 0.25) is 0 Å². The Balaban J connectivity index is 1.96. The van der Waals surface area contributed by atoms with Crippen LogP contribution in [0.5, 0.6) is 0 Å². The van der Waals surface area contributed by atoms with Crippen molar-refractivity contribution < 1.29 is 19.1 Å². The Morgan fingerprint density at radius 1 is 1.28 bits per heavy atom. The second-order valence-electron chi connectivity index (χ2n) is 4.45. The van der Waals surface area contributed by atoms with Crippen LogP contribution in [0.25, 0.3) is 0 Å². The first kappa shape index (κ1) is 12.8. The van der Waals surface area contributed by atoms with Crippen LogP contribution in [0.1, 0.15) is 18.4 Å². The van der Waals surface area contributed by atoms with Crippen LogP contribution in [0.2, 0.25) is 0 Å². The summed E-state index contributed by atoms with van der Waals surface area (Å²) in [5, 5.41) is 0. The molecule has 0 saturated carbocycles. The second-order valence-corrected chi connectivity index (χ2v) is 4.45. The molecule has 1 aromatic rings. The Morgan fingerprint density at radius 3 is 2.56 bits per heavy atom. The predicted molar refractivity (Wildman–Crippen MR) is 64.8 cm³/mol. The topological polar surface area (TPSA) is 52.6 Å². The fraction of sp³-hybridized carbons (Fsp3) is 0.429. The van der Waals surface area contributed by atoms with Crippen molar-refractivity contribution in [3.05, 3.63) is 35.9 Å². The summed E-state index contributed by atoms with van der Waals surface area (Å²) in [5.74, 6) is -0.440. The molecular formula is C14H16O4. The van der Waals surface area contributed by atoms with Gasteiger partial charge in [-0.05, 0) is 18.4 Å². The highest BCUT2D eigenvalue weighted by atomic mass is 16.5. The fourth-order valence-electron chi connectivity index (χ4n) is 1.97. The van der Waals surface area contributed by atoms with E-state index in [9.17, 15) is 9.59 Å². The quantitative estimate of drug-likeness (QED) is 0.462. The monoisotopic (exact) mass is 248 g/mol. The van der Waals surface area contributed by atoms with Crippen LogP contribution in [-0.4, -0.2) is 25.5 Å². The molecule has 1 heterocycles. The van der Waals surface area contributed by atoms with Crippen molar-refractivity contribution in [3.63, 3.8) is 0 Å². The lowest BCUT2D eigenvalue weighted by Gasteiger charge is -2.29. The summed E-state index contributed by atoms with van der Waals surface area (Å²) >= 11 is 0. The van der Waals surface area contributed by atoms with Gasteiger partial charge in [-0.15, -0.1) is 0 Å². The maximum atomic E-state index is 12.0. The molecule has 0 aromatic heterocycles. The normalized spacial score (nSPS) is 18.0. The number of rotatable bonds is 4. The number of ether oxygens (including phenoxy) is 2. The summed E-state index contributed by atoms with van der Waals surface area (Å²) in [5.41, 5.74) is -0.0912. The average molecular weight is 248 g/mol. The Labute approximate surface area is 106 Å². The molecule has 0 spiro atoms. The van der Waals surface area contributed by atoms with Crippen LogP contribution in [0.3, 0.4) is 0 Å². The number of carbonyl (C=O) groups is 2.